The molecule has 0 bridgehead atoms. The smallest absolute Gasteiger partial charge is 0.348 e. The molecule has 0 radical (unpaired) electrons. The lowest BCUT2D eigenvalue weighted by Crippen LogP contribution is -3.12. The van der Waals surface area contributed by atoms with Gasteiger partial charge in [-0.15, -0.1) is 11.3 Å². The number of fused-ring (bicyclic) bond motifs is 1. The number of methoxy groups -OCH3 is 2. The fraction of sp³-hybridized carbons (Fsp3) is 0.350. The standard InChI is InChI=1S/C20H22N2O5S/c1-12-16(19(24)26-2)18(28-17(12)20(25)27-3)21-15(23)11-22-9-8-13-6-4-5-7-14(13)10-22/h4-7H,8-11H2,1-3H3,(H,21,23)/p+1. The second-order valence-electron chi connectivity index (χ2n) is 6.66. The van der Waals surface area contributed by atoms with Gasteiger partial charge in [-0.05, 0) is 18.1 Å². The highest BCUT2D eigenvalue weighted by Gasteiger charge is 2.28. The largest absolute Gasteiger partial charge is 0.465 e. The summed E-state index contributed by atoms with van der Waals surface area (Å²) in [5, 5.41) is 3.10. The molecule has 1 aliphatic heterocycles. The lowest BCUT2D eigenvalue weighted by atomic mass is 10.00. The first-order valence-corrected chi connectivity index (χ1v) is 9.76. The van der Waals surface area contributed by atoms with Crippen LogP contribution < -0.4 is 10.2 Å². The van der Waals surface area contributed by atoms with Crippen LogP contribution in [0.5, 0.6) is 0 Å². The molecule has 1 aromatic carbocycles. The highest BCUT2D eigenvalue weighted by molar-refractivity contribution is 7.18. The fourth-order valence-electron chi connectivity index (χ4n) is 3.43. The molecule has 148 valence electrons. The number of thiophene rings is 1. The van der Waals surface area contributed by atoms with Gasteiger partial charge in [0.2, 0.25) is 0 Å². The first kappa shape index (κ1) is 20.0. The molecule has 1 unspecified atom stereocenters. The van der Waals surface area contributed by atoms with Gasteiger partial charge in [0, 0.05) is 12.0 Å². The molecule has 0 spiro atoms. The van der Waals surface area contributed by atoms with Crippen LogP contribution in [0.3, 0.4) is 0 Å². The van der Waals surface area contributed by atoms with Gasteiger partial charge >= 0.3 is 11.9 Å². The Morgan fingerprint density at radius 2 is 1.79 bits per heavy atom. The second-order valence-corrected chi connectivity index (χ2v) is 7.68. The molecule has 2 aromatic rings. The average molecular weight is 403 g/mol. The maximum atomic E-state index is 12.6. The molecular weight excluding hydrogens is 380 g/mol. The highest BCUT2D eigenvalue weighted by atomic mass is 32.1. The first-order chi connectivity index (χ1) is 13.4. The Morgan fingerprint density at radius 3 is 2.46 bits per heavy atom. The highest BCUT2D eigenvalue weighted by Crippen LogP contribution is 2.34. The van der Waals surface area contributed by atoms with E-state index in [1.165, 1.54) is 25.3 Å². The van der Waals surface area contributed by atoms with Crippen LogP contribution >= 0.6 is 11.3 Å². The minimum Gasteiger partial charge on any atom is -0.465 e. The van der Waals surface area contributed by atoms with Gasteiger partial charge in [-0.25, -0.2) is 9.59 Å². The number of benzene rings is 1. The Hall–Kier alpha value is -2.71. The van der Waals surface area contributed by atoms with E-state index in [4.69, 9.17) is 9.47 Å². The molecule has 0 fully saturated rings. The summed E-state index contributed by atoms with van der Waals surface area (Å²) in [5.74, 6) is -1.36. The summed E-state index contributed by atoms with van der Waals surface area (Å²) in [5.41, 5.74) is 3.22. The molecule has 1 amide bonds. The summed E-state index contributed by atoms with van der Waals surface area (Å²) < 4.78 is 9.58. The van der Waals surface area contributed by atoms with Crippen molar-refractivity contribution in [3.05, 3.63) is 51.4 Å². The summed E-state index contributed by atoms with van der Waals surface area (Å²) in [7, 11) is 2.54. The van der Waals surface area contributed by atoms with Crippen molar-refractivity contribution in [2.24, 2.45) is 0 Å². The second kappa shape index (κ2) is 8.53. The molecule has 7 nitrogen and oxygen atoms in total. The van der Waals surface area contributed by atoms with Crippen molar-refractivity contribution in [3.8, 4) is 0 Å². The van der Waals surface area contributed by atoms with Crippen LogP contribution in [0.15, 0.2) is 24.3 Å². The van der Waals surface area contributed by atoms with E-state index in [1.807, 2.05) is 12.1 Å². The summed E-state index contributed by atoms with van der Waals surface area (Å²) in [4.78, 5) is 38.2. The number of quaternary nitrogens is 1. The van der Waals surface area contributed by atoms with Crippen molar-refractivity contribution in [2.45, 2.75) is 19.9 Å². The molecule has 1 aromatic heterocycles. The quantitative estimate of drug-likeness (QED) is 0.733. The first-order valence-electron chi connectivity index (χ1n) is 8.94. The number of anilines is 1. The zero-order valence-electron chi connectivity index (χ0n) is 16.1. The normalized spacial score (nSPS) is 15.5. The number of ether oxygens (including phenoxy) is 2. The number of carbonyl (C=O) groups excluding carboxylic acids is 3. The van der Waals surface area contributed by atoms with Gasteiger partial charge in [0.25, 0.3) is 5.91 Å². The van der Waals surface area contributed by atoms with E-state index in [9.17, 15) is 14.4 Å². The fourth-order valence-corrected chi connectivity index (χ4v) is 4.56. The molecule has 8 heteroatoms. The molecule has 0 aliphatic carbocycles. The van der Waals surface area contributed by atoms with Crippen molar-refractivity contribution >= 4 is 34.2 Å². The lowest BCUT2D eigenvalue weighted by Gasteiger charge is -2.25. The van der Waals surface area contributed by atoms with E-state index in [2.05, 4.69) is 17.4 Å². The summed E-state index contributed by atoms with van der Waals surface area (Å²) >= 11 is 1.02. The minimum absolute atomic E-state index is 0.195. The number of amides is 1. The Balaban J connectivity index is 1.75. The van der Waals surface area contributed by atoms with Crippen molar-refractivity contribution in [1.29, 1.82) is 0 Å². The summed E-state index contributed by atoms with van der Waals surface area (Å²) in [6.45, 7) is 3.56. The Morgan fingerprint density at radius 1 is 1.11 bits per heavy atom. The molecular formula is C20H23N2O5S+. The summed E-state index contributed by atoms with van der Waals surface area (Å²) in [6.07, 6.45) is 0.927. The molecule has 0 saturated carbocycles. The topological polar surface area (TPSA) is 86.1 Å². The Labute approximate surface area is 167 Å². The van der Waals surface area contributed by atoms with E-state index in [0.717, 1.165) is 35.7 Å². The van der Waals surface area contributed by atoms with Gasteiger partial charge in [-0.1, -0.05) is 24.3 Å². The SMILES string of the molecule is COC(=O)c1sc(NC(=O)C[NH+]2CCc3ccccc3C2)c(C(=O)OC)c1C. The number of hydrogen-bond acceptors (Lipinski definition) is 6. The van der Waals surface area contributed by atoms with Gasteiger partial charge in [0.15, 0.2) is 6.54 Å². The number of rotatable bonds is 5. The predicted octanol–water partition coefficient (Wildman–Crippen LogP) is 1.21. The zero-order valence-corrected chi connectivity index (χ0v) is 16.9. The van der Waals surface area contributed by atoms with Crippen molar-refractivity contribution in [2.75, 3.05) is 32.6 Å². The summed E-state index contributed by atoms with van der Waals surface area (Å²) in [6, 6.07) is 8.25. The average Bonchev–Trinajstić information content (AvgIpc) is 3.02. The molecule has 1 atom stereocenters. The van der Waals surface area contributed by atoms with Gasteiger partial charge in [-0.3, -0.25) is 4.79 Å². The van der Waals surface area contributed by atoms with Crippen molar-refractivity contribution in [3.63, 3.8) is 0 Å². The monoisotopic (exact) mass is 403 g/mol. The van der Waals surface area contributed by atoms with Crippen LogP contribution in [0.25, 0.3) is 0 Å². The number of nitrogens with one attached hydrogen (secondary N) is 2. The van der Waals surface area contributed by atoms with E-state index in [-0.39, 0.29) is 22.9 Å². The van der Waals surface area contributed by atoms with Crippen LogP contribution in [0.4, 0.5) is 5.00 Å². The number of carbonyl (C=O) groups is 3. The lowest BCUT2D eigenvalue weighted by molar-refractivity contribution is -0.907. The predicted molar refractivity (Wildman–Crippen MR) is 105 cm³/mol. The van der Waals surface area contributed by atoms with Gasteiger partial charge < -0.3 is 19.7 Å². The van der Waals surface area contributed by atoms with Crippen LogP contribution in [0.2, 0.25) is 0 Å². The zero-order chi connectivity index (χ0) is 20.3. The van der Waals surface area contributed by atoms with E-state index in [0.29, 0.717) is 10.6 Å². The molecule has 2 N–H and O–H groups in total. The van der Waals surface area contributed by atoms with Crippen molar-refractivity contribution in [1.82, 2.24) is 0 Å². The number of hydrogen-bond donors (Lipinski definition) is 2. The molecule has 28 heavy (non-hydrogen) atoms. The third kappa shape index (κ3) is 4.07. The van der Waals surface area contributed by atoms with Crippen molar-refractivity contribution < 1.29 is 28.8 Å². The number of esters is 2. The maximum absolute atomic E-state index is 12.6. The molecule has 3 rings (SSSR count). The Bertz CT molecular complexity index is 921. The van der Waals surface area contributed by atoms with Gasteiger partial charge in [0.05, 0.1) is 26.3 Å². The molecule has 1 aliphatic rings. The Kier molecular flexibility index (Phi) is 6.11. The van der Waals surface area contributed by atoms with Crippen LogP contribution in [0, 0.1) is 6.92 Å². The minimum atomic E-state index is -0.599. The van der Waals surface area contributed by atoms with E-state index < -0.39 is 11.9 Å². The molecule has 0 saturated heterocycles. The van der Waals surface area contributed by atoms with Crippen LogP contribution in [-0.4, -0.2) is 45.2 Å². The van der Waals surface area contributed by atoms with Crippen LogP contribution in [0.1, 0.15) is 36.7 Å². The maximum Gasteiger partial charge on any atom is 0.348 e. The molecule has 2 heterocycles. The van der Waals surface area contributed by atoms with Crippen LogP contribution in [-0.2, 0) is 27.2 Å². The van der Waals surface area contributed by atoms with E-state index in [1.54, 1.807) is 6.92 Å². The third-order valence-corrected chi connectivity index (χ3v) is 6.06. The van der Waals surface area contributed by atoms with E-state index >= 15 is 0 Å². The third-order valence-electron chi connectivity index (χ3n) is 4.88. The van der Waals surface area contributed by atoms with Gasteiger partial charge in [0.1, 0.15) is 16.4 Å². The van der Waals surface area contributed by atoms with Gasteiger partial charge in [-0.2, -0.15) is 0 Å².